The molecule has 2 aromatic carbocycles. The van der Waals surface area contributed by atoms with Gasteiger partial charge in [0, 0.05) is 23.6 Å². The van der Waals surface area contributed by atoms with E-state index in [1.807, 2.05) is 0 Å². The standard InChI is InChI=1S/C28H22BrCl2N3O7/c1-13-4-2-7-18(22(13)35)21-16-8-9-17-20(19(16)11-27(30)25(38)32(12-29)26(39)28(21,27)31)24(37)33(23(17)36)14-5-3-6-15(10-14)34(40)41/h2-8,10,17,19-21,35H,9,11-12H2,1H3/t17-,19+,20-,21+,27+,28-/m0/s1. The van der Waals surface area contributed by atoms with Gasteiger partial charge in [0.2, 0.25) is 11.8 Å². The molecule has 0 spiro atoms. The predicted molar refractivity (Wildman–Crippen MR) is 152 cm³/mol. The highest BCUT2D eigenvalue weighted by Gasteiger charge is 2.76. The number of benzene rings is 2. The number of fused-ring (bicyclic) bond motifs is 4. The number of phenols is 1. The quantitative estimate of drug-likeness (QED) is 0.127. The van der Waals surface area contributed by atoms with Gasteiger partial charge in [0.1, 0.15) is 5.75 Å². The second-order valence-corrected chi connectivity index (χ2v) is 12.5. The molecule has 13 heteroatoms. The molecule has 41 heavy (non-hydrogen) atoms. The lowest BCUT2D eigenvalue weighted by Gasteiger charge is -2.50. The number of aryl methyl sites for hydroxylation is 1. The third-order valence-corrected chi connectivity index (χ3v) is 10.8. The summed E-state index contributed by atoms with van der Waals surface area (Å²) in [5.74, 6) is -6.33. The summed E-state index contributed by atoms with van der Waals surface area (Å²) in [5, 5.41) is 22.5. The normalized spacial score (nSPS) is 32.5. The van der Waals surface area contributed by atoms with Crippen LogP contribution in [0.1, 0.15) is 29.9 Å². The number of imide groups is 2. The number of nitro benzene ring substituents is 1. The first-order valence-electron chi connectivity index (χ1n) is 12.8. The third kappa shape index (κ3) is 3.55. The van der Waals surface area contributed by atoms with Crippen LogP contribution in [0.5, 0.6) is 5.75 Å². The van der Waals surface area contributed by atoms with E-state index in [0.29, 0.717) is 11.1 Å². The molecule has 4 aliphatic rings. The molecule has 2 aliphatic carbocycles. The molecule has 3 fully saturated rings. The van der Waals surface area contributed by atoms with Gasteiger partial charge in [-0.05, 0) is 37.3 Å². The lowest BCUT2D eigenvalue weighted by molar-refractivity contribution is -0.384. The summed E-state index contributed by atoms with van der Waals surface area (Å²) in [6.07, 6.45) is 1.68. The third-order valence-electron chi connectivity index (χ3n) is 8.89. The summed E-state index contributed by atoms with van der Waals surface area (Å²) in [6.45, 7) is 1.68. The maximum absolute atomic E-state index is 14.0. The van der Waals surface area contributed by atoms with Crippen LogP contribution in [0.15, 0.2) is 54.1 Å². The van der Waals surface area contributed by atoms with E-state index in [4.69, 9.17) is 23.2 Å². The van der Waals surface area contributed by atoms with Gasteiger partial charge < -0.3 is 5.11 Å². The zero-order valence-electron chi connectivity index (χ0n) is 21.4. The molecule has 4 amide bonds. The number of likely N-dealkylation sites (tertiary alicyclic amines) is 1. The minimum Gasteiger partial charge on any atom is -0.507 e. The molecule has 0 bridgehead atoms. The number of hydrogen-bond donors (Lipinski definition) is 1. The highest BCUT2D eigenvalue weighted by molar-refractivity contribution is 9.09. The maximum atomic E-state index is 14.0. The van der Waals surface area contributed by atoms with Gasteiger partial charge in [0.05, 0.1) is 27.9 Å². The van der Waals surface area contributed by atoms with Gasteiger partial charge in [0.25, 0.3) is 17.5 Å². The highest BCUT2D eigenvalue weighted by Crippen LogP contribution is 2.66. The van der Waals surface area contributed by atoms with Crippen LogP contribution in [-0.4, -0.2) is 53.8 Å². The lowest BCUT2D eigenvalue weighted by Crippen LogP contribution is -2.60. The molecule has 0 unspecified atom stereocenters. The number of non-ortho nitro benzene ring substituents is 1. The smallest absolute Gasteiger partial charge is 0.271 e. The van der Waals surface area contributed by atoms with Crippen molar-refractivity contribution in [1.82, 2.24) is 4.90 Å². The number of allylic oxidation sites excluding steroid dienone is 2. The monoisotopic (exact) mass is 661 g/mol. The molecule has 2 saturated heterocycles. The van der Waals surface area contributed by atoms with Crippen LogP contribution in [0.4, 0.5) is 11.4 Å². The predicted octanol–water partition coefficient (Wildman–Crippen LogP) is 4.52. The van der Waals surface area contributed by atoms with Gasteiger partial charge >= 0.3 is 0 Å². The summed E-state index contributed by atoms with van der Waals surface area (Å²) in [7, 11) is 0. The number of nitro groups is 1. The summed E-state index contributed by atoms with van der Waals surface area (Å²) in [4.78, 5) is 63.7. The average Bonchev–Trinajstić information content (AvgIpc) is 3.28. The Morgan fingerprint density at radius 1 is 1.07 bits per heavy atom. The molecular formula is C28H22BrCl2N3O7. The van der Waals surface area contributed by atoms with Crippen molar-refractivity contribution in [2.24, 2.45) is 17.8 Å². The molecule has 6 rings (SSSR count). The minimum absolute atomic E-state index is 0.0682. The van der Waals surface area contributed by atoms with E-state index in [1.165, 1.54) is 18.2 Å². The van der Waals surface area contributed by atoms with Crippen molar-refractivity contribution in [3.05, 3.63) is 75.4 Å². The Hall–Kier alpha value is -3.28. The summed E-state index contributed by atoms with van der Waals surface area (Å²) in [5.41, 5.74) is 0.966. The number of rotatable bonds is 4. The summed E-state index contributed by atoms with van der Waals surface area (Å²) >= 11 is 17.5. The Morgan fingerprint density at radius 2 is 1.78 bits per heavy atom. The second-order valence-electron chi connectivity index (χ2n) is 10.8. The van der Waals surface area contributed by atoms with Crippen molar-refractivity contribution >= 4 is 74.1 Å². The van der Waals surface area contributed by atoms with Gasteiger partial charge in [0.15, 0.2) is 9.75 Å². The number of anilines is 1. The Bertz CT molecular complexity index is 1610. The van der Waals surface area contributed by atoms with Crippen molar-refractivity contribution in [2.45, 2.75) is 35.4 Å². The molecule has 2 aliphatic heterocycles. The number of carbonyl (C=O) groups is 4. The number of phenolic OH excluding ortho intramolecular Hbond substituents is 1. The van der Waals surface area contributed by atoms with Crippen LogP contribution in [0.2, 0.25) is 0 Å². The number of aromatic hydroxyl groups is 1. The van der Waals surface area contributed by atoms with Crippen LogP contribution in [-0.2, 0) is 19.2 Å². The Labute approximate surface area is 252 Å². The van der Waals surface area contributed by atoms with E-state index < -0.39 is 62.0 Å². The number of nitrogens with zero attached hydrogens (tertiary/aromatic N) is 3. The van der Waals surface area contributed by atoms with E-state index in [9.17, 15) is 34.4 Å². The number of alkyl halides is 3. The van der Waals surface area contributed by atoms with E-state index in [2.05, 4.69) is 15.9 Å². The highest BCUT2D eigenvalue weighted by atomic mass is 79.9. The SMILES string of the molecule is Cc1cccc([C@H]2C3=CC[C@@H]4C(=O)N(c5cccc([N+](=O)[O-])c5)C(=O)[C@@H]4[C@@H]3C[C@@]3(Cl)C(=O)N(CBr)C(=O)[C@@]23Cl)c1O. The molecule has 6 atom stereocenters. The summed E-state index contributed by atoms with van der Waals surface area (Å²) in [6, 6.07) is 10.2. The lowest BCUT2D eigenvalue weighted by atomic mass is 9.56. The van der Waals surface area contributed by atoms with E-state index in [-0.39, 0.29) is 41.0 Å². The Kier molecular flexibility index (Phi) is 6.37. The van der Waals surface area contributed by atoms with Gasteiger partial charge in [-0.3, -0.25) is 34.2 Å². The molecule has 2 aromatic rings. The number of halogens is 3. The molecule has 0 radical (unpaired) electrons. The average molecular weight is 663 g/mol. The molecular weight excluding hydrogens is 641 g/mol. The summed E-state index contributed by atoms with van der Waals surface area (Å²) < 4.78 is 0. The fourth-order valence-corrected chi connectivity index (χ4v) is 8.43. The largest absolute Gasteiger partial charge is 0.507 e. The molecule has 2 heterocycles. The fraction of sp³-hybridized carbons (Fsp3) is 0.357. The minimum atomic E-state index is -2.02. The van der Waals surface area contributed by atoms with Crippen molar-refractivity contribution < 1.29 is 29.2 Å². The zero-order chi connectivity index (χ0) is 29.6. The van der Waals surface area contributed by atoms with Crippen LogP contribution in [0.3, 0.4) is 0 Å². The van der Waals surface area contributed by atoms with Crippen LogP contribution in [0, 0.1) is 34.8 Å². The van der Waals surface area contributed by atoms with Gasteiger partial charge in [-0.2, -0.15) is 0 Å². The first kappa shape index (κ1) is 27.9. The van der Waals surface area contributed by atoms with E-state index in [1.54, 1.807) is 31.2 Å². The molecule has 212 valence electrons. The maximum Gasteiger partial charge on any atom is 0.271 e. The number of hydrogen-bond acceptors (Lipinski definition) is 7. The molecule has 1 N–H and O–H groups in total. The number of amides is 4. The van der Waals surface area contributed by atoms with Gasteiger partial charge in [-0.25, -0.2) is 4.90 Å². The van der Waals surface area contributed by atoms with E-state index in [0.717, 1.165) is 15.9 Å². The van der Waals surface area contributed by atoms with Gasteiger partial charge in [-0.1, -0.05) is 51.8 Å². The molecule has 10 nitrogen and oxygen atoms in total. The fourth-order valence-electron chi connectivity index (χ4n) is 7.01. The first-order valence-corrected chi connectivity index (χ1v) is 14.7. The van der Waals surface area contributed by atoms with Crippen LogP contribution in [0.25, 0.3) is 0 Å². The molecule has 0 aromatic heterocycles. The Balaban J connectivity index is 1.52. The number of para-hydroxylation sites is 1. The Morgan fingerprint density at radius 3 is 2.46 bits per heavy atom. The first-order chi connectivity index (χ1) is 19.4. The van der Waals surface area contributed by atoms with Crippen molar-refractivity contribution in [3.63, 3.8) is 0 Å². The second kappa shape index (κ2) is 9.37. The van der Waals surface area contributed by atoms with Gasteiger partial charge in [-0.15, -0.1) is 23.2 Å². The van der Waals surface area contributed by atoms with Crippen LogP contribution < -0.4 is 4.90 Å². The van der Waals surface area contributed by atoms with Crippen molar-refractivity contribution in [1.29, 1.82) is 0 Å². The van der Waals surface area contributed by atoms with Crippen molar-refractivity contribution in [2.75, 3.05) is 10.4 Å². The van der Waals surface area contributed by atoms with Crippen LogP contribution >= 0.6 is 39.1 Å². The molecule has 1 saturated carbocycles. The zero-order valence-corrected chi connectivity index (χ0v) is 24.5. The van der Waals surface area contributed by atoms with Crippen molar-refractivity contribution in [3.8, 4) is 5.75 Å². The van der Waals surface area contributed by atoms with E-state index >= 15 is 0 Å². The topological polar surface area (TPSA) is 138 Å². The number of carbonyl (C=O) groups excluding carboxylic acids is 4.